The van der Waals surface area contributed by atoms with Gasteiger partial charge in [0.1, 0.15) is 10.1 Å². The molecule has 150 valence electrons. The second-order valence-electron chi connectivity index (χ2n) is 6.24. The van der Waals surface area contributed by atoms with Crippen LogP contribution in [0.25, 0.3) is 6.08 Å². The predicted octanol–water partition coefficient (Wildman–Crippen LogP) is 5.08. The van der Waals surface area contributed by atoms with Crippen molar-refractivity contribution in [1.82, 2.24) is 4.90 Å². The first-order chi connectivity index (χ1) is 14.0. The van der Waals surface area contributed by atoms with E-state index in [1.807, 2.05) is 54.6 Å². The van der Waals surface area contributed by atoms with Crippen molar-refractivity contribution in [2.24, 2.45) is 0 Å². The lowest BCUT2D eigenvalue weighted by molar-refractivity contribution is -0.122. The minimum absolute atomic E-state index is 0.103. The predicted molar refractivity (Wildman–Crippen MR) is 125 cm³/mol. The van der Waals surface area contributed by atoms with Crippen LogP contribution < -0.4 is 10.1 Å². The lowest BCUT2D eigenvalue weighted by Crippen LogP contribution is -2.29. The molecule has 0 aromatic heterocycles. The molecule has 29 heavy (non-hydrogen) atoms. The van der Waals surface area contributed by atoms with E-state index in [0.29, 0.717) is 28.6 Å². The third kappa shape index (κ3) is 5.68. The Morgan fingerprint density at radius 2 is 2.07 bits per heavy atom. The zero-order valence-corrected chi connectivity index (χ0v) is 18.9. The smallest absolute Gasteiger partial charge is 0.266 e. The van der Waals surface area contributed by atoms with E-state index in [1.54, 1.807) is 12.0 Å². The molecule has 1 aliphatic rings. The van der Waals surface area contributed by atoms with Crippen molar-refractivity contribution in [3.8, 4) is 5.75 Å². The molecule has 5 nitrogen and oxygen atoms in total. The van der Waals surface area contributed by atoms with E-state index in [0.717, 1.165) is 21.5 Å². The van der Waals surface area contributed by atoms with E-state index >= 15 is 0 Å². The van der Waals surface area contributed by atoms with Crippen LogP contribution in [0.2, 0.25) is 0 Å². The van der Waals surface area contributed by atoms with Crippen LogP contribution in [0.3, 0.4) is 0 Å². The maximum Gasteiger partial charge on any atom is 0.266 e. The zero-order chi connectivity index (χ0) is 20.8. The number of halogens is 1. The van der Waals surface area contributed by atoms with Crippen molar-refractivity contribution in [2.45, 2.75) is 12.8 Å². The highest BCUT2D eigenvalue weighted by Gasteiger charge is 2.31. The number of ether oxygens (including phenoxy) is 1. The molecule has 0 unspecified atom stereocenters. The Labute approximate surface area is 187 Å². The number of carbonyl (C=O) groups excluding carboxylic acids is 2. The number of thiocarbonyl (C=S) groups is 1. The molecule has 2 aromatic rings. The van der Waals surface area contributed by atoms with Crippen LogP contribution in [0.4, 0.5) is 5.69 Å². The highest BCUT2D eigenvalue weighted by atomic mass is 79.9. The summed E-state index contributed by atoms with van der Waals surface area (Å²) in [6.45, 7) is 0.406. The van der Waals surface area contributed by atoms with Gasteiger partial charge in [-0.2, -0.15) is 0 Å². The fraction of sp³-hybridized carbons (Fsp3) is 0.190. The van der Waals surface area contributed by atoms with E-state index in [4.69, 9.17) is 17.0 Å². The van der Waals surface area contributed by atoms with Gasteiger partial charge >= 0.3 is 0 Å². The molecule has 0 spiro atoms. The first kappa shape index (κ1) is 21.5. The molecule has 1 fully saturated rings. The lowest BCUT2D eigenvalue weighted by atomic mass is 10.2. The van der Waals surface area contributed by atoms with Gasteiger partial charge in [-0.1, -0.05) is 48.2 Å². The Kier molecular flexibility index (Phi) is 7.46. The van der Waals surface area contributed by atoms with E-state index in [2.05, 4.69) is 21.2 Å². The first-order valence-corrected chi connectivity index (χ1v) is 10.9. The standard InChI is InChI=1S/C21H19BrN2O3S2/c1-27-15-7-4-6-14(12-15)13-18-20(26)24(21(28)29-18)11-5-10-19(25)23-17-9-3-2-8-16(17)22/h2-4,6-9,12-13H,5,10-11H2,1H3,(H,23,25)/b18-13+. The minimum Gasteiger partial charge on any atom is -0.497 e. The molecule has 0 aliphatic carbocycles. The molecule has 1 N–H and O–H groups in total. The number of methoxy groups -OCH3 is 1. The molecule has 1 aliphatic heterocycles. The highest BCUT2D eigenvalue weighted by Crippen LogP contribution is 2.33. The molecule has 1 saturated heterocycles. The second kappa shape index (κ2) is 10.0. The Morgan fingerprint density at radius 1 is 1.28 bits per heavy atom. The van der Waals surface area contributed by atoms with Gasteiger partial charge < -0.3 is 10.1 Å². The number of hydrogen-bond acceptors (Lipinski definition) is 5. The molecule has 2 amide bonds. The summed E-state index contributed by atoms with van der Waals surface area (Å²) in [5.74, 6) is 0.494. The molecule has 2 aromatic carbocycles. The molecule has 0 saturated carbocycles. The molecule has 0 bridgehead atoms. The molecule has 8 heteroatoms. The van der Waals surface area contributed by atoms with Crippen molar-refractivity contribution < 1.29 is 14.3 Å². The number of nitrogens with zero attached hydrogens (tertiary/aromatic N) is 1. The van der Waals surface area contributed by atoms with Gasteiger partial charge in [0.05, 0.1) is 17.7 Å². The maximum absolute atomic E-state index is 12.7. The fourth-order valence-electron chi connectivity index (χ4n) is 2.75. The van der Waals surface area contributed by atoms with Crippen molar-refractivity contribution >= 4 is 67.8 Å². The number of rotatable bonds is 7. The van der Waals surface area contributed by atoms with Crippen LogP contribution in [0.5, 0.6) is 5.75 Å². The summed E-state index contributed by atoms with van der Waals surface area (Å²) in [5, 5.41) is 2.86. The van der Waals surface area contributed by atoms with Gasteiger partial charge in [-0.15, -0.1) is 0 Å². The van der Waals surface area contributed by atoms with Crippen molar-refractivity contribution in [2.75, 3.05) is 19.0 Å². The van der Waals surface area contributed by atoms with Crippen LogP contribution in [0.1, 0.15) is 18.4 Å². The number of thioether (sulfide) groups is 1. The van der Waals surface area contributed by atoms with Crippen LogP contribution in [-0.4, -0.2) is 34.7 Å². The summed E-state index contributed by atoms with van der Waals surface area (Å²) in [5.41, 5.74) is 1.60. The molecular weight excluding hydrogens is 472 g/mol. The number of anilines is 1. The minimum atomic E-state index is -0.131. The van der Waals surface area contributed by atoms with Gasteiger partial charge in [0.2, 0.25) is 5.91 Å². The van der Waals surface area contributed by atoms with Gasteiger partial charge in [-0.05, 0) is 58.3 Å². The number of amides is 2. The largest absolute Gasteiger partial charge is 0.497 e. The maximum atomic E-state index is 12.7. The Bertz CT molecular complexity index is 978. The summed E-state index contributed by atoms with van der Waals surface area (Å²) in [4.78, 5) is 27.0. The Morgan fingerprint density at radius 3 is 2.83 bits per heavy atom. The number of carbonyl (C=O) groups is 2. The summed E-state index contributed by atoms with van der Waals surface area (Å²) in [7, 11) is 1.60. The third-order valence-corrected chi connectivity index (χ3v) is 6.27. The van der Waals surface area contributed by atoms with Crippen LogP contribution in [-0.2, 0) is 9.59 Å². The monoisotopic (exact) mass is 490 g/mol. The number of para-hydroxylation sites is 1. The number of hydrogen-bond donors (Lipinski definition) is 1. The highest BCUT2D eigenvalue weighted by molar-refractivity contribution is 9.10. The van der Waals surface area contributed by atoms with Gasteiger partial charge in [-0.25, -0.2) is 0 Å². The quantitative estimate of drug-likeness (QED) is 0.433. The molecule has 0 atom stereocenters. The summed E-state index contributed by atoms with van der Waals surface area (Å²) in [6, 6.07) is 14.9. The van der Waals surface area contributed by atoms with Gasteiger partial charge in [-0.3, -0.25) is 14.5 Å². The molecule has 1 heterocycles. The Balaban J connectivity index is 1.55. The number of benzene rings is 2. The summed E-state index contributed by atoms with van der Waals surface area (Å²) >= 11 is 10.0. The second-order valence-corrected chi connectivity index (χ2v) is 8.77. The van der Waals surface area contributed by atoms with Crippen LogP contribution in [0.15, 0.2) is 57.9 Å². The van der Waals surface area contributed by atoms with Gasteiger partial charge in [0.25, 0.3) is 5.91 Å². The first-order valence-electron chi connectivity index (χ1n) is 8.92. The number of nitrogens with one attached hydrogen (secondary N) is 1. The lowest BCUT2D eigenvalue weighted by Gasteiger charge is -2.14. The summed E-state index contributed by atoms with van der Waals surface area (Å²) < 4.78 is 6.55. The summed E-state index contributed by atoms with van der Waals surface area (Å²) in [6.07, 6.45) is 2.63. The fourth-order valence-corrected chi connectivity index (χ4v) is 4.44. The third-order valence-electron chi connectivity index (χ3n) is 4.20. The Hall–Kier alpha value is -2.16. The normalized spacial score (nSPS) is 15.1. The van der Waals surface area contributed by atoms with Gasteiger partial charge in [0.15, 0.2) is 0 Å². The zero-order valence-electron chi connectivity index (χ0n) is 15.7. The van der Waals surface area contributed by atoms with E-state index in [-0.39, 0.29) is 11.8 Å². The molecule has 3 rings (SSSR count). The average molecular weight is 491 g/mol. The van der Waals surface area contributed by atoms with Crippen molar-refractivity contribution in [1.29, 1.82) is 0 Å². The molecular formula is C21H19BrN2O3S2. The van der Waals surface area contributed by atoms with E-state index < -0.39 is 0 Å². The van der Waals surface area contributed by atoms with E-state index in [1.165, 1.54) is 11.8 Å². The topological polar surface area (TPSA) is 58.6 Å². The SMILES string of the molecule is COc1cccc(/C=C2/SC(=S)N(CCCC(=O)Nc3ccccc3Br)C2=O)c1. The molecule has 0 radical (unpaired) electrons. The van der Waals surface area contributed by atoms with E-state index in [9.17, 15) is 9.59 Å². The van der Waals surface area contributed by atoms with Crippen LogP contribution in [0, 0.1) is 0 Å². The van der Waals surface area contributed by atoms with Crippen LogP contribution >= 0.6 is 39.9 Å². The average Bonchev–Trinajstić information content (AvgIpc) is 2.97. The van der Waals surface area contributed by atoms with Crippen molar-refractivity contribution in [3.63, 3.8) is 0 Å². The van der Waals surface area contributed by atoms with Gasteiger partial charge in [0, 0.05) is 17.4 Å². The van der Waals surface area contributed by atoms with Crippen molar-refractivity contribution in [3.05, 3.63) is 63.5 Å².